The standard InChI is InChI=1S/C13H18N2O2/c1-17-9-13(16)15-12-4-2-3-10(7-12)8-14-11-5-6-11/h2-4,7,11,14H,5-6,8-9H2,1H3,(H,15,16). The molecule has 0 spiro atoms. The number of methoxy groups -OCH3 is 1. The lowest BCUT2D eigenvalue weighted by Crippen LogP contribution is -2.18. The van der Waals surface area contributed by atoms with Gasteiger partial charge in [-0.2, -0.15) is 0 Å². The van der Waals surface area contributed by atoms with Crippen LogP contribution >= 0.6 is 0 Å². The van der Waals surface area contributed by atoms with Gasteiger partial charge in [-0.1, -0.05) is 12.1 Å². The SMILES string of the molecule is COCC(=O)Nc1cccc(CNC2CC2)c1. The molecular formula is C13H18N2O2. The average molecular weight is 234 g/mol. The second-order valence-corrected chi connectivity index (χ2v) is 4.34. The maximum absolute atomic E-state index is 11.3. The molecule has 1 fully saturated rings. The van der Waals surface area contributed by atoms with Crippen molar-refractivity contribution < 1.29 is 9.53 Å². The number of hydrogen-bond donors (Lipinski definition) is 2. The zero-order chi connectivity index (χ0) is 12.1. The number of rotatable bonds is 6. The first-order chi connectivity index (χ1) is 8.28. The van der Waals surface area contributed by atoms with E-state index in [0.717, 1.165) is 12.2 Å². The van der Waals surface area contributed by atoms with Crippen LogP contribution in [0.25, 0.3) is 0 Å². The van der Waals surface area contributed by atoms with E-state index in [1.54, 1.807) is 0 Å². The van der Waals surface area contributed by atoms with Gasteiger partial charge in [-0.05, 0) is 30.5 Å². The van der Waals surface area contributed by atoms with E-state index in [9.17, 15) is 4.79 Å². The fourth-order valence-electron chi connectivity index (χ4n) is 1.64. The second-order valence-electron chi connectivity index (χ2n) is 4.34. The Hall–Kier alpha value is -1.39. The van der Waals surface area contributed by atoms with Gasteiger partial charge in [0, 0.05) is 25.4 Å². The molecule has 1 amide bonds. The highest BCUT2D eigenvalue weighted by Crippen LogP contribution is 2.19. The summed E-state index contributed by atoms with van der Waals surface area (Å²) < 4.78 is 4.77. The van der Waals surface area contributed by atoms with Crippen LogP contribution in [0.4, 0.5) is 5.69 Å². The number of nitrogens with one attached hydrogen (secondary N) is 2. The number of hydrogen-bond acceptors (Lipinski definition) is 3. The summed E-state index contributed by atoms with van der Waals surface area (Å²) in [6.07, 6.45) is 2.56. The van der Waals surface area contributed by atoms with E-state index in [2.05, 4.69) is 16.7 Å². The third kappa shape index (κ3) is 4.17. The molecule has 1 aromatic carbocycles. The van der Waals surface area contributed by atoms with Crippen LogP contribution in [0.1, 0.15) is 18.4 Å². The number of carbonyl (C=O) groups is 1. The molecule has 92 valence electrons. The molecule has 4 nitrogen and oxygen atoms in total. The number of benzene rings is 1. The van der Waals surface area contributed by atoms with Gasteiger partial charge in [0.05, 0.1) is 0 Å². The molecule has 0 unspecified atom stereocenters. The van der Waals surface area contributed by atoms with Crippen molar-refractivity contribution in [1.82, 2.24) is 5.32 Å². The van der Waals surface area contributed by atoms with Crippen LogP contribution < -0.4 is 10.6 Å². The fraction of sp³-hybridized carbons (Fsp3) is 0.462. The van der Waals surface area contributed by atoms with Crippen molar-refractivity contribution in [2.24, 2.45) is 0 Å². The molecule has 4 heteroatoms. The Kier molecular flexibility index (Phi) is 4.12. The number of carbonyl (C=O) groups excluding carboxylic acids is 1. The molecule has 1 aliphatic rings. The first-order valence-electron chi connectivity index (χ1n) is 5.89. The van der Waals surface area contributed by atoms with Crippen molar-refractivity contribution in [1.29, 1.82) is 0 Å². The predicted octanol–water partition coefficient (Wildman–Crippen LogP) is 1.52. The van der Waals surface area contributed by atoms with Crippen molar-refractivity contribution in [2.75, 3.05) is 19.0 Å². The van der Waals surface area contributed by atoms with Gasteiger partial charge in [0.1, 0.15) is 6.61 Å². The van der Waals surface area contributed by atoms with Gasteiger partial charge in [-0.3, -0.25) is 4.79 Å². The monoisotopic (exact) mass is 234 g/mol. The maximum atomic E-state index is 11.3. The Labute approximate surface area is 101 Å². The van der Waals surface area contributed by atoms with E-state index >= 15 is 0 Å². The minimum atomic E-state index is -0.125. The van der Waals surface area contributed by atoms with Crippen molar-refractivity contribution in [3.63, 3.8) is 0 Å². The van der Waals surface area contributed by atoms with E-state index in [1.807, 2.05) is 18.2 Å². The van der Waals surface area contributed by atoms with Gasteiger partial charge < -0.3 is 15.4 Å². The number of amides is 1. The van der Waals surface area contributed by atoms with Gasteiger partial charge in [-0.25, -0.2) is 0 Å². The lowest BCUT2D eigenvalue weighted by atomic mass is 10.2. The first kappa shape index (κ1) is 12.1. The van der Waals surface area contributed by atoms with Crippen LogP contribution in [0.15, 0.2) is 24.3 Å². The zero-order valence-electron chi connectivity index (χ0n) is 10.0. The van der Waals surface area contributed by atoms with Gasteiger partial charge in [-0.15, -0.1) is 0 Å². The molecule has 2 rings (SSSR count). The molecular weight excluding hydrogens is 216 g/mol. The van der Waals surface area contributed by atoms with Crippen LogP contribution in [-0.2, 0) is 16.1 Å². The number of ether oxygens (including phenoxy) is 1. The summed E-state index contributed by atoms with van der Waals surface area (Å²) in [5, 5.41) is 6.24. The highest BCUT2D eigenvalue weighted by atomic mass is 16.5. The lowest BCUT2D eigenvalue weighted by Gasteiger charge is -2.07. The Balaban J connectivity index is 1.88. The fourth-order valence-corrected chi connectivity index (χ4v) is 1.64. The molecule has 0 aromatic heterocycles. The molecule has 0 atom stereocenters. The summed E-state index contributed by atoms with van der Waals surface area (Å²) in [7, 11) is 1.51. The third-order valence-corrected chi connectivity index (χ3v) is 2.66. The minimum absolute atomic E-state index is 0.0878. The zero-order valence-corrected chi connectivity index (χ0v) is 10.0. The van der Waals surface area contributed by atoms with Crippen molar-refractivity contribution in [2.45, 2.75) is 25.4 Å². The molecule has 0 heterocycles. The lowest BCUT2D eigenvalue weighted by molar-refractivity contribution is -0.119. The van der Waals surface area contributed by atoms with Crippen LogP contribution in [0, 0.1) is 0 Å². The maximum Gasteiger partial charge on any atom is 0.250 e. The van der Waals surface area contributed by atoms with E-state index < -0.39 is 0 Å². The van der Waals surface area contributed by atoms with Gasteiger partial charge in [0.25, 0.3) is 0 Å². The van der Waals surface area contributed by atoms with Crippen LogP contribution in [-0.4, -0.2) is 25.7 Å². The molecule has 0 aliphatic heterocycles. The van der Waals surface area contributed by atoms with Gasteiger partial charge in [0.15, 0.2) is 0 Å². The topological polar surface area (TPSA) is 50.4 Å². The van der Waals surface area contributed by atoms with Crippen molar-refractivity contribution >= 4 is 11.6 Å². The largest absolute Gasteiger partial charge is 0.375 e. The summed E-state index contributed by atoms with van der Waals surface area (Å²) in [6.45, 7) is 0.948. The van der Waals surface area contributed by atoms with Crippen LogP contribution in [0.2, 0.25) is 0 Å². The van der Waals surface area contributed by atoms with E-state index in [4.69, 9.17) is 4.74 Å². The van der Waals surface area contributed by atoms with Gasteiger partial charge in [0.2, 0.25) is 5.91 Å². The quantitative estimate of drug-likeness (QED) is 0.784. The molecule has 0 saturated heterocycles. The highest BCUT2D eigenvalue weighted by molar-refractivity contribution is 5.91. The van der Waals surface area contributed by atoms with Crippen LogP contribution in [0.5, 0.6) is 0 Å². The molecule has 1 aromatic rings. The summed E-state index contributed by atoms with van der Waals surface area (Å²) >= 11 is 0. The molecule has 1 aliphatic carbocycles. The first-order valence-corrected chi connectivity index (χ1v) is 5.89. The third-order valence-electron chi connectivity index (χ3n) is 2.66. The van der Waals surface area contributed by atoms with E-state index in [1.165, 1.54) is 25.5 Å². The normalized spacial score (nSPS) is 14.6. The minimum Gasteiger partial charge on any atom is -0.375 e. The Morgan fingerprint density at radius 1 is 1.47 bits per heavy atom. The molecule has 0 radical (unpaired) electrons. The molecule has 17 heavy (non-hydrogen) atoms. The molecule has 2 N–H and O–H groups in total. The van der Waals surface area contributed by atoms with Crippen molar-refractivity contribution in [3.05, 3.63) is 29.8 Å². The Bertz CT molecular complexity index is 389. The van der Waals surface area contributed by atoms with Crippen molar-refractivity contribution in [3.8, 4) is 0 Å². The van der Waals surface area contributed by atoms with E-state index in [0.29, 0.717) is 6.04 Å². The van der Waals surface area contributed by atoms with Crippen LogP contribution in [0.3, 0.4) is 0 Å². The second kappa shape index (κ2) is 5.80. The Morgan fingerprint density at radius 2 is 2.29 bits per heavy atom. The van der Waals surface area contributed by atoms with Gasteiger partial charge >= 0.3 is 0 Å². The summed E-state index contributed by atoms with van der Waals surface area (Å²) in [5.41, 5.74) is 2.01. The Morgan fingerprint density at radius 3 is 3.00 bits per heavy atom. The summed E-state index contributed by atoms with van der Waals surface area (Å²) in [5.74, 6) is -0.125. The smallest absolute Gasteiger partial charge is 0.250 e. The summed E-state index contributed by atoms with van der Waals surface area (Å²) in [4.78, 5) is 11.3. The summed E-state index contributed by atoms with van der Waals surface area (Å²) in [6, 6.07) is 8.58. The average Bonchev–Trinajstić information content (AvgIpc) is 3.11. The van der Waals surface area contributed by atoms with E-state index in [-0.39, 0.29) is 12.5 Å². The number of anilines is 1. The molecule has 0 bridgehead atoms. The molecule has 1 saturated carbocycles. The predicted molar refractivity (Wildman–Crippen MR) is 66.8 cm³/mol. The highest BCUT2D eigenvalue weighted by Gasteiger charge is 2.19.